The Morgan fingerprint density at radius 1 is 1.30 bits per heavy atom. The van der Waals surface area contributed by atoms with E-state index in [1.54, 1.807) is 28.9 Å². The van der Waals surface area contributed by atoms with Gasteiger partial charge in [0.05, 0.1) is 16.4 Å². The minimum atomic E-state index is 0.478. The number of nitrogens with zero attached hydrogens (tertiary/aromatic N) is 1. The number of hydrogen-bond acceptors (Lipinski definition) is 4. The minimum Gasteiger partial charge on any atom is -0.379 e. The molecule has 0 atom stereocenters. The van der Waals surface area contributed by atoms with Crippen LogP contribution >= 0.6 is 50.2 Å². The molecule has 0 bridgehead atoms. The molecular formula is C14H10BrClN2S2. The van der Waals surface area contributed by atoms with Crippen molar-refractivity contribution in [1.29, 1.82) is 0 Å². The summed E-state index contributed by atoms with van der Waals surface area (Å²) in [7, 11) is 0. The molecule has 1 N–H and O–H groups in total. The lowest BCUT2D eigenvalue weighted by Gasteiger charge is -2.05. The number of anilines is 1. The van der Waals surface area contributed by atoms with Crippen LogP contribution in [0.5, 0.6) is 0 Å². The molecule has 0 saturated carbocycles. The lowest BCUT2D eigenvalue weighted by molar-refractivity contribution is 1.17. The normalized spacial score (nSPS) is 10.7. The molecule has 0 amide bonds. The maximum atomic E-state index is 5.88. The van der Waals surface area contributed by atoms with Gasteiger partial charge in [-0.2, -0.15) is 0 Å². The lowest BCUT2D eigenvalue weighted by Crippen LogP contribution is -1.97. The van der Waals surface area contributed by atoms with Crippen molar-refractivity contribution < 1.29 is 0 Å². The zero-order chi connectivity index (χ0) is 13.9. The molecule has 0 aliphatic heterocycles. The van der Waals surface area contributed by atoms with Gasteiger partial charge in [0.25, 0.3) is 0 Å². The average molecular weight is 386 g/mol. The fourth-order valence-electron chi connectivity index (χ4n) is 1.75. The van der Waals surface area contributed by atoms with E-state index in [2.05, 4.69) is 55.2 Å². The summed E-state index contributed by atoms with van der Waals surface area (Å²) in [5.74, 6) is 0. The third-order valence-electron chi connectivity index (χ3n) is 2.72. The first kappa shape index (κ1) is 14.1. The summed E-state index contributed by atoms with van der Waals surface area (Å²) in [4.78, 5) is 6.70. The number of pyridine rings is 1. The van der Waals surface area contributed by atoms with Crippen molar-refractivity contribution in [1.82, 2.24) is 4.98 Å². The Morgan fingerprint density at radius 2 is 2.20 bits per heavy atom. The Morgan fingerprint density at radius 3 is 2.95 bits per heavy atom. The fourth-order valence-corrected chi connectivity index (χ4v) is 3.82. The van der Waals surface area contributed by atoms with Gasteiger partial charge in [0.15, 0.2) is 0 Å². The molecular weight excluding hydrogens is 376 g/mol. The van der Waals surface area contributed by atoms with E-state index in [0.717, 1.165) is 16.7 Å². The van der Waals surface area contributed by atoms with Crippen LogP contribution in [-0.4, -0.2) is 4.98 Å². The van der Waals surface area contributed by atoms with Gasteiger partial charge in [-0.1, -0.05) is 17.7 Å². The van der Waals surface area contributed by atoms with E-state index in [1.807, 2.05) is 6.07 Å². The molecule has 0 radical (unpaired) electrons. The predicted octanol–water partition coefficient (Wildman–Crippen LogP) is 5.90. The van der Waals surface area contributed by atoms with Gasteiger partial charge >= 0.3 is 0 Å². The SMILES string of the molecule is Clc1ncc(NCc2cc(-c3cccs3)cs2)cc1Br. The van der Waals surface area contributed by atoms with Crippen molar-refractivity contribution in [2.75, 3.05) is 5.32 Å². The van der Waals surface area contributed by atoms with Crippen LogP contribution in [-0.2, 0) is 6.54 Å². The molecule has 0 aliphatic rings. The van der Waals surface area contributed by atoms with Crippen molar-refractivity contribution >= 4 is 55.9 Å². The maximum Gasteiger partial charge on any atom is 0.143 e. The Hall–Kier alpha value is -0.880. The van der Waals surface area contributed by atoms with E-state index in [9.17, 15) is 0 Å². The highest BCUT2D eigenvalue weighted by Gasteiger charge is 2.04. The minimum absolute atomic E-state index is 0.478. The molecule has 20 heavy (non-hydrogen) atoms. The maximum absolute atomic E-state index is 5.88. The largest absolute Gasteiger partial charge is 0.379 e. The first-order valence-electron chi connectivity index (χ1n) is 5.88. The van der Waals surface area contributed by atoms with Crippen molar-refractivity contribution in [2.24, 2.45) is 0 Å². The van der Waals surface area contributed by atoms with Gasteiger partial charge in [-0.25, -0.2) is 4.98 Å². The van der Waals surface area contributed by atoms with Gasteiger partial charge in [-0.3, -0.25) is 0 Å². The Bertz CT molecular complexity index is 710. The second kappa shape index (κ2) is 6.26. The molecule has 3 aromatic heterocycles. The number of rotatable bonds is 4. The van der Waals surface area contributed by atoms with Gasteiger partial charge in [0.2, 0.25) is 0 Å². The topological polar surface area (TPSA) is 24.9 Å². The van der Waals surface area contributed by atoms with Gasteiger partial charge in [-0.05, 0) is 44.9 Å². The number of thiophene rings is 2. The Balaban J connectivity index is 1.68. The first-order valence-corrected chi connectivity index (χ1v) is 8.81. The van der Waals surface area contributed by atoms with Crippen LogP contribution in [0.1, 0.15) is 4.88 Å². The van der Waals surface area contributed by atoms with E-state index in [0.29, 0.717) is 5.15 Å². The standard InChI is InChI=1S/C14H10BrClN2S2/c15-12-5-10(6-18-14(12)16)17-7-11-4-9(8-20-11)13-2-1-3-19-13/h1-6,8,17H,7H2. The first-order chi connectivity index (χ1) is 9.72. The molecule has 3 rings (SSSR count). The van der Waals surface area contributed by atoms with Crippen LogP contribution in [0.2, 0.25) is 5.15 Å². The third kappa shape index (κ3) is 3.23. The second-order valence-corrected chi connectivity index (χ2v) is 7.29. The molecule has 3 aromatic rings. The number of nitrogens with one attached hydrogen (secondary N) is 1. The molecule has 0 aromatic carbocycles. The zero-order valence-electron chi connectivity index (χ0n) is 10.3. The molecule has 0 fully saturated rings. The highest BCUT2D eigenvalue weighted by Crippen LogP contribution is 2.30. The summed E-state index contributed by atoms with van der Waals surface area (Å²) >= 11 is 12.8. The monoisotopic (exact) mass is 384 g/mol. The predicted molar refractivity (Wildman–Crippen MR) is 91.9 cm³/mol. The Kier molecular flexibility index (Phi) is 4.41. The number of halogens is 2. The van der Waals surface area contributed by atoms with Crippen LogP contribution in [0.25, 0.3) is 10.4 Å². The van der Waals surface area contributed by atoms with Crippen molar-refractivity contribution in [3.63, 3.8) is 0 Å². The van der Waals surface area contributed by atoms with Crippen LogP contribution in [0.3, 0.4) is 0 Å². The summed E-state index contributed by atoms with van der Waals surface area (Å²) < 4.78 is 0.801. The third-order valence-corrected chi connectivity index (χ3v) is 5.71. The van der Waals surface area contributed by atoms with Crippen molar-refractivity contribution in [2.45, 2.75) is 6.54 Å². The molecule has 3 heterocycles. The molecule has 102 valence electrons. The van der Waals surface area contributed by atoms with E-state index in [-0.39, 0.29) is 0 Å². The molecule has 0 aliphatic carbocycles. The van der Waals surface area contributed by atoms with E-state index in [4.69, 9.17) is 11.6 Å². The van der Waals surface area contributed by atoms with E-state index >= 15 is 0 Å². The van der Waals surface area contributed by atoms with Gasteiger partial charge < -0.3 is 5.32 Å². The summed E-state index contributed by atoms with van der Waals surface area (Å²) in [5.41, 5.74) is 2.24. The second-order valence-electron chi connectivity index (χ2n) is 4.13. The van der Waals surface area contributed by atoms with Crippen LogP contribution < -0.4 is 5.32 Å². The smallest absolute Gasteiger partial charge is 0.143 e. The van der Waals surface area contributed by atoms with Crippen molar-refractivity contribution in [3.05, 3.63) is 55.7 Å². The van der Waals surface area contributed by atoms with Crippen LogP contribution in [0, 0.1) is 0 Å². The summed E-state index contributed by atoms with van der Waals surface area (Å²) in [6.07, 6.45) is 1.74. The molecule has 0 unspecified atom stereocenters. The fraction of sp³-hybridized carbons (Fsp3) is 0.0714. The summed E-state index contributed by atoms with van der Waals surface area (Å²) in [6.45, 7) is 0.784. The summed E-state index contributed by atoms with van der Waals surface area (Å²) in [5, 5.41) is 8.12. The molecule has 0 spiro atoms. The quantitative estimate of drug-likeness (QED) is 0.566. The lowest BCUT2D eigenvalue weighted by atomic mass is 10.2. The van der Waals surface area contributed by atoms with Crippen LogP contribution in [0.15, 0.2) is 45.7 Å². The molecule has 2 nitrogen and oxygen atoms in total. The van der Waals surface area contributed by atoms with Crippen LogP contribution in [0.4, 0.5) is 5.69 Å². The summed E-state index contributed by atoms with van der Waals surface area (Å²) in [6, 6.07) is 8.38. The zero-order valence-corrected chi connectivity index (χ0v) is 14.2. The van der Waals surface area contributed by atoms with Gasteiger partial charge in [0.1, 0.15) is 5.15 Å². The molecule has 0 saturated heterocycles. The highest BCUT2D eigenvalue weighted by atomic mass is 79.9. The average Bonchev–Trinajstić information content (AvgIpc) is 3.09. The van der Waals surface area contributed by atoms with Gasteiger partial charge in [-0.15, -0.1) is 22.7 Å². The Labute approximate surface area is 138 Å². The van der Waals surface area contributed by atoms with Gasteiger partial charge in [0, 0.05) is 21.9 Å². The van der Waals surface area contributed by atoms with Crippen molar-refractivity contribution in [3.8, 4) is 10.4 Å². The highest BCUT2D eigenvalue weighted by molar-refractivity contribution is 9.10. The van der Waals surface area contributed by atoms with E-state index < -0.39 is 0 Å². The molecule has 6 heteroatoms. The number of aromatic nitrogens is 1. The van der Waals surface area contributed by atoms with E-state index in [1.165, 1.54) is 15.3 Å². The number of hydrogen-bond donors (Lipinski definition) is 1.